The molecule has 0 rings (SSSR count). The van der Waals surface area contributed by atoms with E-state index in [9.17, 15) is 4.39 Å². The Morgan fingerprint density at radius 2 is 2.11 bits per heavy atom. The summed E-state index contributed by atoms with van der Waals surface area (Å²) < 4.78 is 12.2. The van der Waals surface area contributed by atoms with Gasteiger partial charge in [-0.25, -0.2) is 4.39 Å². The molecule has 9 heavy (non-hydrogen) atoms. The maximum Gasteiger partial charge on any atom is 0.116 e. The van der Waals surface area contributed by atoms with Crippen LogP contribution < -0.4 is 0 Å². The van der Waals surface area contributed by atoms with Gasteiger partial charge in [-0.05, 0) is 26.8 Å². The number of hydrogen-bond acceptors (Lipinski definition) is 0. The third-order valence-corrected chi connectivity index (χ3v) is 0.922. The zero-order valence-corrected chi connectivity index (χ0v) is 6.19. The lowest BCUT2D eigenvalue weighted by molar-refractivity contribution is 0.429. The topological polar surface area (TPSA) is 0 Å². The molecule has 0 aromatic rings. The van der Waals surface area contributed by atoms with Gasteiger partial charge in [-0.3, -0.25) is 0 Å². The Labute approximate surface area is 56.1 Å². The van der Waals surface area contributed by atoms with Crippen molar-refractivity contribution in [3.63, 3.8) is 0 Å². The third-order valence-electron chi connectivity index (χ3n) is 0.922. The minimum atomic E-state index is -0.832. The first-order chi connectivity index (χ1) is 4.16. The Balaban J connectivity index is 3.84. The van der Waals surface area contributed by atoms with Gasteiger partial charge in [-0.15, -0.1) is 0 Å². The molecule has 1 unspecified atom stereocenters. The van der Waals surface area contributed by atoms with Crippen LogP contribution in [0.3, 0.4) is 0 Å². The summed E-state index contributed by atoms with van der Waals surface area (Å²) in [4.78, 5) is 0. The fourth-order valence-electron chi connectivity index (χ4n) is 0.681. The molecule has 0 N–H and O–H groups in total. The summed E-state index contributed by atoms with van der Waals surface area (Å²) in [6, 6.07) is 0. The number of hydrogen-bond donors (Lipinski definition) is 0. The van der Waals surface area contributed by atoms with E-state index in [0.29, 0.717) is 0 Å². The monoisotopic (exact) mass is 128 g/mol. The van der Waals surface area contributed by atoms with Crippen molar-refractivity contribution in [2.24, 2.45) is 0 Å². The van der Waals surface area contributed by atoms with Gasteiger partial charge in [0.05, 0.1) is 0 Å². The van der Waals surface area contributed by atoms with Gasteiger partial charge in [0, 0.05) is 0 Å². The van der Waals surface area contributed by atoms with E-state index in [-0.39, 0.29) is 0 Å². The summed E-state index contributed by atoms with van der Waals surface area (Å²) in [6.07, 6.45) is 4.53. The summed E-state index contributed by atoms with van der Waals surface area (Å²) in [7, 11) is 0. The molecule has 52 valence electrons. The van der Waals surface area contributed by atoms with E-state index in [4.69, 9.17) is 0 Å². The maximum absolute atomic E-state index is 12.2. The van der Waals surface area contributed by atoms with Crippen LogP contribution in [-0.4, -0.2) is 6.17 Å². The standard InChI is InChI=1S/C8H13F/c1-4-5-7(2)6-8(3)9/h4-6,8H,1-3H3/b5-4-,7-6-. The highest BCUT2D eigenvalue weighted by Gasteiger charge is 1.89. The molecule has 0 aliphatic carbocycles. The SMILES string of the molecule is C/C=C\C(C)=C/C(C)F. The summed E-state index contributed by atoms with van der Waals surface area (Å²) in [5.41, 5.74) is 0.979. The van der Waals surface area contributed by atoms with Gasteiger partial charge in [-0.1, -0.05) is 17.7 Å². The van der Waals surface area contributed by atoms with E-state index in [0.717, 1.165) is 5.57 Å². The first kappa shape index (κ1) is 8.41. The van der Waals surface area contributed by atoms with Crippen LogP contribution in [0.4, 0.5) is 4.39 Å². The summed E-state index contributed by atoms with van der Waals surface area (Å²) in [5.74, 6) is 0. The van der Waals surface area contributed by atoms with Crippen LogP contribution in [0, 0.1) is 0 Å². The lowest BCUT2D eigenvalue weighted by atomic mass is 10.2. The smallest absolute Gasteiger partial charge is 0.116 e. The first-order valence-corrected chi connectivity index (χ1v) is 3.12. The molecule has 0 aromatic heterocycles. The second-order valence-corrected chi connectivity index (χ2v) is 2.09. The third kappa shape index (κ3) is 5.28. The van der Waals surface area contributed by atoms with E-state index in [2.05, 4.69) is 0 Å². The number of rotatable bonds is 2. The van der Waals surface area contributed by atoms with E-state index >= 15 is 0 Å². The molecule has 0 aromatic carbocycles. The summed E-state index contributed by atoms with van der Waals surface area (Å²) >= 11 is 0. The van der Waals surface area contributed by atoms with Crippen molar-refractivity contribution in [2.75, 3.05) is 0 Å². The predicted octanol–water partition coefficient (Wildman–Crippen LogP) is 2.87. The van der Waals surface area contributed by atoms with Gasteiger partial charge in [0.1, 0.15) is 6.17 Å². The average Bonchev–Trinajstić information content (AvgIpc) is 1.63. The highest BCUT2D eigenvalue weighted by atomic mass is 19.1. The molecule has 0 radical (unpaired) electrons. The zero-order valence-electron chi connectivity index (χ0n) is 6.19. The van der Waals surface area contributed by atoms with Crippen molar-refractivity contribution in [3.05, 3.63) is 23.8 Å². The van der Waals surface area contributed by atoms with Crippen LogP contribution in [0.1, 0.15) is 20.8 Å². The Morgan fingerprint density at radius 3 is 2.44 bits per heavy atom. The van der Waals surface area contributed by atoms with Gasteiger partial charge >= 0.3 is 0 Å². The second kappa shape index (κ2) is 4.30. The Bertz CT molecular complexity index is 121. The van der Waals surface area contributed by atoms with Crippen molar-refractivity contribution in [1.82, 2.24) is 0 Å². The molecular weight excluding hydrogens is 115 g/mol. The van der Waals surface area contributed by atoms with Crippen LogP contribution in [-0.2, 0) is 0 Å². The van der Waals surface area contributed by atoms with Crippen LogP contribution in [0.15, 0.2) is 23.8 Å². The number of alkyl halides is 1. The minimum absolute atomic E-state index is 0.832. The molecule has 0 aliphatic heterocycles. The minimum Gasteiger partial charge on any atom is -0.243 e. The maximum atomic E-state index is 12.2. The molecule has 1 heteroatoms. The molecule has 1 atom stereocenters. The van der Waals surface area contributed by atoms with Crippen LogP contribution in [0.2, 0.25) is 0 Å². The molecule has 0 amide bonds. The predicted molar refractivity (Wildman–Crippen MR) is 39.1 cm³/mol. The summed E-state index contributed by atoms with van der Waals surface area (Å²) in [5, 5.41) is 0. The summed E-state index contributed by atoms with van der Waals surface area (Å²) in [6.45, 7) is 5.32. The molecule has 0 bridgehead atoms. The Hall–Kier alpha value is -0.590. The lowest BCUT2D eigenvalue weighted by Gasteiger charge is -1.92. The Kier molecular flexibility index (Phi) is 4.02. The zero-order chi connectivity index (χ0) is 7.28. The highest BCUT2D eigenvalue weighted by molar-refractivity contribution is 5.16. The molecule has 0 saturated heterocycles. The van der Waals surface area contributed by atoms with E-state index < -0.39 is 6.17 Å². The molecule has 0 aliphatic rings. The van der Waals surface area contributed by atoms with Crippen LogP contribution >= 0.6 is 0 Å². The van der Waals surface area contributed by atoms with Gasteiger partial charge in [0.2, 0.25) is 0 Å². The fourth-order valence-corrected chi connectivity index (χ4v) is 0.681. The fraction of sp³-hybridized carbons (Fsp3) is 0.500. The van der Waals surface area contributed by atoms with Crippen LogP contribution in [0.25, 0.3) is 0 Å². The van der Waals surface area contributed by atoms with Gasteiger partial charge in [0.25, 0.3) is 0 Å². The normalized spacial score (nSPS) is 16.7. The molecule has 0 spiro atoms. The molecule has 0 heterocycles. The van der Waals surface area contributed by atoms with Gasteiger partial charge < -0.3 is 0 Å². The van der Waals surface area contributed by atoms with E-state index in [1.54, 1.807) is 6.08 Å². The van der Waals surface area contributed by atoms with Crippen molar-refractivity contribution in [2.45, 2.75) is 26.9 Å². The van der Waals surface area contributed by atoms with E-state index in [1.165, 1.54) is 6.92 Å². The molecule has 0 nitrogen and oxygen atoms in total. The molecule has 0 fully saturated rings. The second-order valence-electron chi connectivity index (χ2n) is 2.09. The average molecular weight is 128 g/mol. The van der Waals surface area contributed by atoms with E-state index in [1.807, 2.05) is 26.0 Å². The van der Waals surface area contributed by atoms with Crippen molar-refractivity contribution < 1.29 is 4.39 Å². The molecule has 0 saturated carbocycles. The van der Waals surface area contributed by atoms with Gasteiger partial charge in [-0.2, -0.15) is 0 Å². The molecular formula is C8H13F. The van der Waals surface area contributed by atoms with Crippen LogP contribution in [0.5, 0.6) is 0 Å². The largest absolute Gasteiger partial charge is 0.243 e. The van der Waals surface area contributed by atoms with Crippen molar-refractivity contribution >= 4 is 0 Å². The van der Waals surface area contributed by atoms with Crippen molar-refractivity contribution in [3.8, 4) is 0 Å². The number of allylic oxidation sites excluding steroid dienone is 4. The van der Waals surface area contributed by atoms with Crippen molar-refractivity contribution in [1.29, 1.82) is 0 Å². The highest BCUT2D eigenvalue weighted by Crippen LogP contribution is 1.99. The quantitative estimate of drug-likeness (QED) is 0.501. The first-order valence-electron chi connectivity index (χ1n) is 3.12. The number of halogens is 1. The van der Waals surface area contributed by atoms with Gasteiger partial charge in [0.15, 0.2) is 0 Å². The lowest BCUT2D eigenvalue weighted by Crippen LogP contribution is -1.84. The Morgan fingerprint density at radius 1 is 1.56 bits per heavy atom.